The van der Waals surface area contributed by atoms with Crippen LogP contribution in [0, 0.1) is 0 Å². The van der Waals surface area contributed by atoms with Crippen LogP contribution in [0.3, 0.4) is 0 Å². The van der Waals surface area contributed by atoms with Gasteiger partial charge in [-0.1, -0.05) is 41.5 Å². The number of phenols is 1. The van der Waals surface area contributed by atoms with Crippen molar-refractivity contribution in [3.8, 4) is 5.75 Å². The number of nitrogens with one attached hydrogen (secondary N) is 2. The molecule has 26 heavy (non-hydrogen) atoms. The van der Waals surface area contributed by atoms with Gasteiger partial charge in [0.15, 0.2) is 0 Å². The molecule has 2 amide bonds. The Bertz CT molecular complexity index is 673. The minimum absolute atomic E-state index is 0.127. The number of hydrogen-bond acceptors (Lipinski definition) is 4. The van der Waals surface area contributed by atoms with Crippen molar-refractivity contribution in [2.45, 2.75) is 72.3 Å². The van der Waals surface area contributed by atoms with E-state index in [0.29, 0.717) is 0 Å². The highest BCUT2D eigenvalue weighted by Gasteiger charge is 2.26. The third-order valence-corrected chi connectivity index (χ3v) is 3.75. The van der Waals surface area contributed by atoms with Crippen LogP contribution in [0.1, 0.15) is 72.1 Å². The van der Waals surface area contributed by atoms with Crippen molar-refractivity contribution in [2.24, 2.45) is 5.10 Å². The summed E-state index contributed by atoms with van der Waals surface area (Å²) in [6.45, 7) is 15.7. The van der Waals surface area contributed by atoms with Gasteiger partial charge in [0.05, 0.1) is 6.21 Å². The van der Waals surface area contributed by atoms with Gasteiger partial charge in [-0.25, -0.2) is 5.43 Å². The number of hydrogen-bond donors (Lipinski definition) is 3. The van der Waals surface area contributed by atoms with Gasteiger partial charge < -0.3 is 10.4 Å². The number of benzene rings is 1. The van der Waals surface area contributed by atoms with Crippen LogP contribution in [0.4, 0.5) is 0 Å². The van der Waals surface area contributed by atoms with Gasteiger partial charge >= 0.3 is 11.8 Å². The molecule has 6 nitrogen and oxygen atoms in total. The molecule has 3 N–H and O–H groups in total. The van der Waals surface area contributed by atoms with Crippen LogP contribution in [-0.2, 0) is 20.4 Å². The lowest BCUT2D eigenvalue weighted by Gasteiger charge is -2.27. The highest BCUT2D eigenvalue weighted by molar-refractivity contribution is 6.35. The lowest BCUT2D eigenvalue weighted by atomic mass is 9.78. The molecule has 0 heterocycles. The Morgan fingerprint density at radius 3 is 1.85 bits per heavy atom. The van der Waals surface area contributed by atoms with Gasteiger partial charge in [0.2, 0.25) is 0 Å². The zero-order valence-electron chi connectivity index (χ0n) is 17.0. The third kappa shape index (κ3) is 5.86. The summed E-state index contributed by atoms with van der Waals surface area (Å²) in [5, 5.41) is 17.1. The highest BCUT2D eigenvalue weighted by Crippen LogP contribution is 2.39. The summed E-state index contributed by atoms with van der Waals surface area (Å²) in [5.41, 5.74) is 4.05. The van der Waals surface area contributed by atoms with Crippen molar-refractivity contribution >= 4 is 18.0 Å². The second-order valence-electron chi connectivity index (χ2n) is 8.79. The molecule has 0 atom stereocenters. The highest BCUT2D eigenvalue weighted by atomic mass is 16.3. The number of rotatable bonds is 3. The summed E-state index contributed by atoms with van der Waals surface area (Å²) in [6.07, 6.45) is 1.48. The molecule has 0 bridgehead atoms. The van der Waals surface area contributed by atoms with Crippen molar-refractivity contribution < 1.29 is 14.7 Å². The third-order valence-electron chi connectivity index (χ3n) is 3.75. The number of amides is 2. The van der Waals surface area contributed by atoms with Crippen LogP contribution in [0.15, 0.2) is 17.2 Å². The smallest absolute Gasteiger partial charge is 0.329 e. The molecule has 0 aliphatic rings. The fraction of sp³-hybridized carbons (Fsp3) is 0.550. The molecule has 0 saturated carbocycles. The Balaban J connectivity index is 3.13. The molecular formula is C20H31N3O3. The lowest BCUT2D eigenvalue weighted by Crippen LogP contribution is -2.41. The van der Waals surface area contributed by atoms with E-state index in [1.807, 2.05) is 53.7 Å². The lowest BCUT2D eigenvalue weighted by molar-refractivity contribution is -0.139. The standard InChI is InChI=1S/C20H31N3O3/c1-12(2)22-17(25)18(26)23-21-11-13-9-14(19(3,4)5)16(24)15(10-13)20(6,7)8/h9-12,24H,1-8H3,(H,22,25)(H,23,26)/b21-11+. The van der Waals surface area contributed by atoms with Gasteiger partial charge in [-0.15, -0.1) is 0 Å². The fourth-order valence-corrected chi connectivity index (χ4v) is 2.42. The molecular weight excluding hydrogens is 330 g/mol. The first kappa shape index (κ1) is 21.7. The zero-order valence-corrected chi connectivity index (χ0v) is 17.0. The van der Waals surface area contributed by atoms with E-state index in [1.54, 1.807) is 13.8 Å². The quantitative estimate of drug-likeness (QED) is 0.439. The van der Waals surface area contributed by atoms with Crippen molar-refractivity contribution in [3.63, 3.8) is 0 Å². The Labute approximate surface area is 156 Å². The van der Waals surface area contributed by atoms with Gasteiger partial charge in [-0.05, 0) is 42.4 Å². The van der Waals surface area contributed by atoms with Gasteiger partial charge in [0, 0.05) is 17.2 Å². The Morgan fingerprint density at radius 2 is 1.46 bits per heavy atom. The molecule has 0 aliphatic heterocycles. The first-order valence-corrected chi connectivity index (χ1v) is 8.75. The summed E-state index contributed by atoms with van der Waals surface area (Å²) >= 11 is 0. The Kier molecular flexibility index (Phi) is 6.58. The largest absolute Gasteiger partial charge is 0.507 e. The number of nitrogens with zero attached hydrogens (tertiary/aromatic N) is 1. The van der Waals surface area contributed by atoms with Crippen molar-refractivity contribution in [2.75, 3.05) is 0 Å². The van der Waals surface area contributed by atoms with Crippen molar-refractivity contribution in [3.05, 3.63) is 28.8 Å². The second kappa shape index (κ2) is 7.89. The minimum atomic E-state index is -0.819. The average molecular weight is 361 g/mol. The van der Waals surface area contributed by atoms with E-state index >= 15 is 0 Å². The molecule has 0 fully saturated rings. The average Bonchev–Trinajstić information content (AvgIpc) is 2.45. The van der Waals surface area contributed by atoms with Crippen LogP contribution in [0.25, 0.3) is 0 Å². The second-order valence-corrected chi connectivity index (χ2v) is 8.79. The molecule has 0 saturated heterocycles. The maximum absolute atomic E-state index is 11.7. The minimum Gasteiger partial charge on any atom is -0.507 e. The van der Waals surface area contributed by atoms with Crippen LogP contribution >= 0.6 is 0 Å². The zero-order chi connectivity index (χ0) is 20.3. The van der Waals surface area contributed by atoms with E-state index in [-0.39, 0.29) is 22.6 Å². The molecule has 6 heteroatoms. The van der Waals surface area contributed by atoms with E-state index in [4.69, 9.17) is 0 Å². The molecule has 0 aliphatic carbocycles. The van der Waals surface area contributed by atoms with Gasteiger partial charge in [-0.3, -0.25) is 9.59 Å². The molecule has 0 aromatic heterocycles. The van der Waals surface area contributed by atoms with Gasteiger partial charge in [-0.2, -0.15) is 5.10 Å². The van der Waals surface area contributed by atoms with E-state index in [1.165, 1.54) is 6.21 Å². The van der Waals surface area contributed by atoms with Gasteiger partial charge in [0.1, 0.15) is 5.75 Å². The molecule has 1 aromatic rings. The number of carbonyl (C=O) groups excluding carboxylic acids is 2. The SMILES string of the molecule is CC(C)NC(=O)C(=O)N/N=C/c1cc(C(C)(C)C)c(O)c(C(C)(C)C)c1. The van der Waals surface area contributed by atoms with E-state index < -0.39 is 11.8 Å². The summed E-state index contributed by atoms with van der Waals surface area (Å²) in [7, 11) is 0. The first-order valence-electron chi connectivity index (χ1n) is 8.75. The maximum Gasteiger partial charge on any atom is 0.329 e. The normalized spacial score (nSPS) is 12.5. The number of hydrazone groups is 1. The van der Waals surface area contributed by atoms with Crippen molar-refractivity contribution in [1.29, 1.82) is 0 Å². The Hall–Kier alpha value is -2.37. The predicted molar refractivity (Wildman–Crippen MR) is 105 cm³/mol. The maximum atomic E-state index is 11.7. The van der Waals surface area contributed by atoms with Gasteiger partial charge in [0.25, 0.3) is 0 Å². The molecule has 1 rings (SSSR count). The molecule has 0 unspecified atom stereocenters. The predicted octanol–water partition coefficient (Wildman–Crippen LogP) is 2.96. The van der Waals surface area contributed by atoms with Crippen LogP contribution in [0.2, 0.25) is 0 Å². The van der Waals surface area contributed by atoms with Crippen LogP contribution < -0.4 is 10.7 Å². The molecule has 1 aromatic carbocycles. The number of aromatic hydroxyl groups is 1. The topological polar surface area (TPSA) is 90.8 Å². The molecule has 0 radical (unpaired) electrons. The number of carbonyl (C=O) groups is 2. The van der Waals surface area contributed by atoms with E-state index in [9.17, 15) is 14.7 Å². The fourth-order valence-electron chi connectivity index (χ4n) is 2.42. The van der Waals surface area contributed by atoms with Crippen LogP contribution in [0.5, 0.6) is 5.75 Å². The Morgan fingerprint density at radius 1 is 1.00 bits per heavy atom. The summed E-state index contributed by atoms with van der Waals surface area (Å²) in [5.74, 6) is -1.27. The summed E-state index contributed by atoms with van der Waals surface area (Å²) in [6, 6.07) is 3.56. The summed E-state index contributed by atoms with van der Waals surface area (Å²) < 4.78 is 0. The number of phenolic OH excluding ortho intramolecular Hbond substituents is 1. The van der Waals surface area contributed by atoms with Crippen LogP contribution in [-0.4, -0.2) is 29.2 Å². The monoisotopic (exact) mass is 361 g/mol. The summed E-state index contributed by atoms with van der Waals surface area (Å²) in [4.78, 5) is 23.3. The van der Waals surface area contributed by atoms with E-state index in [0.717, 1.165) is 16.7 Å². The van der Waals surface area contributed by atoms with Crippen molar-refractivity contribution in [1.82, 2.24) is 10.7 Å². The molecule has 144 valence electrons. The molecule has 0 spiro atoms. The first-order chi connectivity index (χ1) is 11.7. The van der Waals surface area contributed by atoms with E-state index in [2.05, 4.69) is 15.8 Å².